The van der Waals surface area contributed by atoms with Crippen LogP contribution in [0.25, 0.3) is 0 Å². The lowest BCUT2D eigenvalue weighted by Crippen LogP contribution is -2.38. The van der Waals surface area contributed by atoms with Crippen molar-refractivity contribution in [3.8, 4) is 0 Å². The van der Waals surface area contributed by atoms with Crippen LogP contribution >= 0.6 is 11.8 Å². The Morgan fingerprint density at radius 1 is 1.22 bits per heavy atom. The van der Waals surface area contributed by atoms with E-state index >= 15 is 0 Å². The van der Waals surface area contributed by atoms with Crippen molar-refractivity contribution in [2.24, 2.45) is 0 Å². The van der Waals surface area contributed by atoms with E-state index in [9.17, 15) is 4.79 Å². The average Bonchev–Trinajstić information content (AvgIpc) is 2.63. The molecule has 0 saturated carbocycles. The fraction of sp³-hybridized carbons (Fsp3) is 0.368. The topological polar surface area (TPSA) is 33.2 Å². The number of carbonyl (C=O) groups excluding carboxylic acids is 1. The van der Waals surface area contributed by atoms with Gasteiger partial charge in [0.2, 0.25) is 0 Å². The third kappa shape index (κ3) is 3.58. The van der Waals surface area contributed by atoms with Gasteiger partial charge in [-0.05, 0) is 43.2 Å². The normalized spacial score (nSPS) is 18.0. The fourth-order valence-corrected chi connectivity index (χ4v) is 3.94. The van der Waals surface area contributed by atoms with Crippen LogP contribution in [0.15, 0.2) is 53.7 Å². The summed E-state index contributed by atoms with van der Waals surface area (Å²) in [4.78, 5) is 19.5. The van der Waals surface area contributed by atoms with Gasteiger partial charge in [-0.1, -0.05) is 31.2 Å². The molecule has 0 bridgehead atoms. The Bertz CT molecular complexity index is 659. The second kappa shape index (κ2) is 7.64. The highest BCUT2D eigenvalue weighted by Gasteiger charge is 2.30. The highest BCUT2D eigenvalue weighted by molar-refractivity contribution is 7.99. The van der Waals surface area contributed by atoms with Crippen molar-refractivity contribution in [1.29, 1.82) is 0 Å². The molecule has 1 saturated heterocycles. The third-order valence-corrected chi connectivity index (χ3v) is 5.13. The highest BCUT2D eigenvalue weighted by Crippen LogP contribution is 2.36. The maximum Gasteiger partial charge on any atom is 0.254 e. The Morgan fingerprint density at radius 3 is 2.83 bits per heavy atom. The molecule has 1 aliphatic rings. The molecule has 23 heavy (non-hydrogen) atoms. The summed E-state index contributed by atoms with van der Waals surface area (Å²) in [5.41, 5.74) is 1.97. The first-order valence-corrected chi connectivity index (χ1v) is 9.23. The summed E-state index contributed by atoms with van der Waals surface area (Å²) in [7, 11) is 0. The number of thioether (sulfide) groups is 1. The predicted molar refractivity (Wildman–Crippen MR) is 94.7 cm³/mol. The number of amides is 1. The lowest BCUT2D eigenvalue weighted by Gasteiger charge is -2.36. The lowest BCUT2D eigenvalue weighted by molar-refractivity contribution is 0.0607. The van der Waals surface area contributed by atoms with Crippen molar-refractivity contribution in [3.05, 3.63) is 59.8 Å². The number of pyridine rings is 1. The summed E-state index contributed by atoms with van der Waals surface area (Å²) in [5.74, 6) is 1.12. The number of benzene rings is 1. The van der Waals surface area contributed by atoms with Crippen molar-refractivity contribution in [2.75, 3.05) is 12.3 Å². The molecule has 0 radical (unpaired) electrons. The van der Waals surface area contributed by atoms with Crippen LogP contribution < -0.4 is 0 Å². The van der Waals surface area contributed by atoms with Crippen molar-refractivity contribution in [1.82, 2.24) is 9.88 Å². The van der Waals surface area contributed by atoms with Crippen molar-refractivity contribution >= 4 is 17.7 Å². The van der Waals surface area contributed by atoms with E-state index in [1.54, 1.807) is 11.8 Å². The standard InChI is InChI=1S/C19H22N2OS/c1-2-23-18-16(11-8-13-20-18)17-12-6-7-14-21(17)19(22)15-9-4-3-5-10-15/h3-5,8-11,13,17H,2,6-7,12,14H2,1H3/t17-/m0/s1. The van der Waals surface area contributed by atoms with Crippen LogP contribution in [0.3, 0.4) is 0 Å². The number of likely N-dealkylation sites (tertiary alicyclic amines) is 1. The van der Waals surface area contributed by atoms with Crippen LogP contribution in [0.5, 0.6) is 0 Å². The average molecular weight is 326 g/mol. The number of hydrogen-bond acceptors (Lipinski definition) is 3. The van der Waals surface area contributed by atoms with Gasteiger partial charge in [-0.3, -0.25) is 4.79 Å². The smallest absolute Gasteiger partial charge is 0.254 e. The monoisotopic (exact) mass is 326 g/mol. The van der Waals surface area contributed by atoms with Gasteiger partial charge < -0.3 is 4.90 Å². The van der Waals surface area contributed by atoms with Crippen LogP contribution in [-0.2, 0) is 0 Å². The summed E-state index contributed by atoms with van der Waals surface area (Å²) >= 11 is 1.76. The molecule has 0 spiro atoms. The maximum absolute atomic E-state index is 13.0. The summed E-state index contributed by atoms with van der Waals surface area (Å²) in [6, 6.07) is 13.9. The molecule has 1 aromatic heterocycles. The molecule has 1 amide bonds. The van der Waals surface area contributed by atoms with E-state index in [4.69, 9.17) is 0 Å². The summed E-state index contributed by atoms with van der Waals surface area (Å²) in [6.45, 7) is 2.96. The van der Waals surface area contributed by atoms with Crippen LogP contribution in [0, 0.1) is 0 Å². The molecular weight excluding hydrogens is 304 g/mol. The van der Waals surface area contributed by atoms with Gasteiger partial charge >= 0.3 is 0 Å². The minimum Gasteiger partial charge on any atom is -0.332 e. The van der Waals surface area contributed by atoms with Gasteiger partial charge in [-0.25, -0.2) is 4.98 Å². The largest absolute Gasteiger partial charge is 0.332 e. The molecule has 3 nitrogen and oxygen atoms in total. The van der Waals surface area contributed by atoms with Gasteiger partial charge in [0.05, 0.1) is 6.04 Å². The van der Waals surface area contributed by atoms with E-state index in [0.717, 1.165) is 42.1 Å². The van der Waals surface area contributed by atoms with Crippen LogP contribution in [0.1, 0.15) is 48.1 Å². The minimum atomic E-state index is 0.131. The molecule has 1 aliphatic heterocycles. The van der Waals surface area contributed by atoms with E-state index in [1.807, 2.05) is 47.5 Å². The van der Waals surface area contributed by atoms with Crippen LogP contribution in [0.4, 0.5) is 0 Å². The quantitative estimate of drug-likeness (QED) is 0.772. The number of piperidine rings is 1. The third-order valence-electron chi connectivity index (χ3n) is 4.23. The fourth-order valence-electron chi connectivity index (χ4n) is 3.16. The molecule has 1 fully saturated rings. The van der Waals surface area contributed by atoms with E-state index in [1.165, 1.54) is 5.56 Å². The molecule has 3 rings (SSSR count). The zero-order valence-electron chi connectivity index (χ0n) is 13.4. The van der Waals surface area contributed by atoms with Gasteiger partial charge in [0.1, 0.15) is 5.03 Å². The molecule has 1 aromatic carbocycles. The van der Waals surface area contributed by atoms with Gasteiger partial charge in [0.15, 0.2) is 0 Å². The van der Waals surface area contributed by atoms with Crippen molar-refractivity contribution < 1.29 is 4.79 Å². The van der Waals surface area contributed by atoms with Gasteiger partial charge in [0, 0.05) is 23.9 Å². The first-order chi connectivity index (χ1) is 11.3. The molecule has 1 atom stereocenters. The number of hydrogen-bond donors (Lipinski definition) is 0. The summed E-state index contributed by atoms with van der Waals surface area (Å²) in [6.07, 6.45) is 5.09. The zero-order valence-corrected chi connectivity index (χ0v) is 14.3. The molecule has 4 heteroatoms. The van der Waals surface area contributed by atoms with Crippen molar-refractivity contribution in [2.45, 2.75) is 37.3 Å². The van der Waals surface area contributed by atoms with Gasteiger partial charge in [0.25, 0.3) is 5.91 Å². The first-order valence-electron chi connectivity index (χ1n) is 8.25. The van der Waals surface area contributed by atoms with E-state index < -0.39 is 0 Å². The minimum absolute atomic E-state index is 0.131. The number of carbonyl (C=O) groups is 1. The Labute approximate surface area is 142 Å². The summed E-state index contributed by atoms with van der Waals surface area (Å²) in [5, 5.41) is 1.06. The second-order valence-corrected chi connectivity index (χ2v) is 6.96. The Kier molecular flexibility index (Phi) is 5.34. The Balaban J connectivity index is 1.92. The van der Waals surface area contributed by atoms with Gasteiger partial charge in [-0.2, -0.15) is 0 Å². The molecule has 0 unspecified atom stereocenters. The molecule has 2 heterocycles. The predicted octanol–water partition coefficient (Wildman–Crippen LogP) is 4.56. The zero-order chi connectivity index (χ0) is 16.1. The number of aromatic nitrogens is 1. The van der Waals surface area contributed by atoms with E-state index in [0.29, 0.717) is 0 Å². The van der Waals surface area contributed by atoms with Gasteiger partial charge in [-0.15, -0.1) is 11.8 Å². The maximum atomic E-state index is 13.0. The van der Waals surface area contributed by atoms with Crippen molar-refractivity contribution in [3.63, 3.8) is 0 Å². The Hall–Kier alpha value is -1.81. The molecular formula is C19H22N2OS. The van der Waals surface area contributed by atoms with Crippen LogP contribution in [0.2, 0.25) is 0 Å². The molecule has 0 N–H and O–H groups in total. The van der Waals surface area contributed by atoms with Crippen LogP contribution in [-0.4, -0.2) is 28.1 Å². The molecule has 0 aliphatic carbocycles. The van der Waals surface area contributed by atoms with E-state index in [-0.39, 0.29) is 11.9 Å². The molecule has 120 valence electrons. The molecule has 2 aromatic rings. The van der Waals surface area contributed by atoms with E-state index in [2.05, 4.69) is 18.0 Å². The Morgan fingerprint density at radius 2 is 2.04 bits per heavy atom. The SMILES string of the molecule is CCSc1ncccc1[C@@H]1CCCCN1C(=O)c1ccccc1. The highest BCUT2D eigenvalue weighted by atomic mass is 32.2. The summed E-state index contributed by atoms with van der Waals surface area (Å²) < 4.78 is 0. The number of nitrogens with zero attached hydrogens (tertiary/aromatic N) is 2. The first kappa shape index (κ1) is 16.1. The second-order valence-electron chi connectivity index (χ2n) is 5.71. The lowest BCUT2D eigenvalue weighted by atomic mass is 9.95. The number of rotatable bonds is 4.